The van der Waals surface area contributed by atoms with Gasteiger partial charge in [0, 0.05) is 30.4 Å². The molecule has 0 unspecified atom stereocenters. The minimum absolute atomic E-state index is 0.343. The standard InChI is InChI=1S/C12H9N3O2/c16-11(9-3-6-13-7-4-9)15-12(17)10-2-1-5-14-8-10/h1-8H,(H,15,16,17). The molecular weight excluding hydrogens is 218 g/mol. The smallest absolute Gasteiger partial charge is 0.259 e. The van der Waals surface area contributed by atoms with Crippen LogP contribution in [0.15, 0.2) is 49.1 Å². The fourth-order valence-corrected chi connectivity index (χ4v) is 1.25. The third kappa shape index (κ3) is 2.72. The number of nitrogens with one attached hydrogen (secondary N) is 1. The van der Waals surface area contributed by atoms with Gasteiger partial charge in [0.1, 0.15) is 0 Å². The molecule has 0 spiro atoms. The highest BCUT2D eigenvalue weighted by Gasteiger charge is 2.11. The first-order valence-electron chi connectivity index (χ1n) is 4.93. The second-order valence-corrected chi connectivity index (χ2v) is 3.26. The number of nitrogens with zero attached hydrogens (tertiary/aromatic N) is 2. The van der Waals surface area contributed by atoms with E-state index in [4.69, 9.17) is 0 Å². The van der Waals surface area contributed by atoms with Crippen molar-refractivity contribution in [1.82, 2.24) is 15.3 Å². The minimum atomic E-state index is -0.472. The lowest BCUT2D eigenvalue weighted by Gasteiger charge is -2.03. The summed E-state index contributed by atoms with van der Waals surface area (Å²) >= 11 is 0. The van der Waals surface area contributed by atoms with Crippen LogP contribution in [0.25, 0.3) is 0 Å². The molecule has 0 fully saturated rings. The summed E-state index contributed by atoms with van der Waals surface area (Å²) < 4.78 is 0. The maximum absolute atomic E-state index is 11.6. The average molecular weight is 227 g/mol. The number of carbonyl (C=O) groups excluding carboxylic acids is 2. The van der Waals surface area contributed by atoms with Crippen LogP contribution in [0, 0.1) is 0 Å². The fraction of sp³-hybridized carbons (Fsp3) is 0. The number of pyridine rings is 2. The third-order valence-corrected chi connectivity index (χ3v) is 2.09. The van der Waals surface area contributed by atoms with Crippen LogP contribution in [0.4, 0.5) is 0 Å². The molecule has 1 N–H and O–H groups in total. The van der Waals surface area contributed by atoms with Gasteiger partial charge in [0.2, 0.25) is 0 Å². The lowest BCUT2D eigenvalue weighted by atomic mass is 10.2. The first-order valence-corrected chi connectivity index (χ1v) is 4.93. The summed E-state index contributed by atoms with van der Waals surface area (Å²) in [4.78, 5) is 30.9. The molecule has 0 saturated carbocycles. The highest BCUT2D eigenvalue weighted by Crippen LogP contribution is 1.99. The van der Waals surface area contributed by atoms with Crippen molar-refractivity contribution in [3.63, 3.8) is 0 Å². The molecule has 0 aliphatic rings. The van der Waals surface area contributed by atoms with Gasteiger partial charge in [-0.25, -0.2) is 0 Å². The maximum Gasteiger partial charge on any atom is 0.259 e. The van der Waals surface area contributed by atoms with Gasteiger partial charge < -0.3 is 0 Å². The highest BCUT2D eigenvalue weighted by atomic mass is 16.2. The number of aromatic nitrogens is 2. The SMILES string of the molecule is O=C(NC(=O)c1cccnc1)c1ccncc1. The fourth-order valence-electron chi connectivity index (χ4n) is 1.25. The van der Waals surface area contributed by atoms with Gasteiger partial charge in [-0.15, -0.1) is 0 Å². The van der Waals surface area contributed by atoms with Crippen LogP contribution in [-0.2, 0) is 0 Å². The van der Waals surface area contributed by atoms with E-state index in [0.29, 0.717) is 11.1 Å². The molecule has 5 nitrogen and oxygen atoms in total. The van der Waals surface area contributed by atoms with Crippen LogP contribution in [0.5, 0.6) is 0 Å². The van der Waals surface area contributed by atoms with Gasteiger partial charge >= 0.3 is 0 Å². The summed E-state index contributed by atoms with van der Waals surface area (Å²) in [7, 11) is 0. The molecule has 84 valence electrons. The minimum Gasteiger partial charge on any atom is -0.288 e. The van der Waals surface area contributed by atoms with Gasteiger partial charge in [0.05, 0.1) is 5.56 Å². The first kappa shape index (κ1) is 10.9. The van der Waals surface area contributed by atoms with E-state index in [-0.39, 0.29) is 0 Å². The monoisotopic (exact) mass is 227 g/mol. The summed E-state index contributed by atoms with van der Waals surface area (Å²) in [6.07, 6.45) is 5.93. The zero-order valence-electron chi connectivity index (χ0n) is 8.83. The Morgan fingerprint density at radius 1 is 0.882 bits per heavy atom. The molecule has 17 heavy (non-hydrogen) atoms. The van der Waals surface area contributed by atoms with Gasteiger partial charge in [0.15, 0.2) is 0 Å². The highest BCUT2D eigenvalue weighted by molar-refractivity contribution is 6.10. The number of amides is 2. The van der Waals surface area contributed by atoms with Crippen LogP contribution in [0.1, 0.15) is 20.7 Å². The predicted octanol–water partition coefficient (Wildman–Crippen LogP) is 1.05. The van der Waals surface area contributed by atoms with Gasteiger partial charge in [-0.1, -0.05) is 0 Å². The Balaban J connectivity index is 2.08. The molecule has 0 radical (unpaired) electrons. The van der Waals surface area contributed by atoms with Gasteiger partial charge in [-0.2, -0.15) is 0 Å². The van der Waals surface area contributed by atoms with Crippen LogP contribution >= 0.6 is 0 Å². The van der Waals surface area contributed by atoms with Crippen molar-refractivity contribution >= 4 is 11.8 Å². The molecule has 2 amide bonds. The van der Waals surface area contributed by atoms with Gasteiger partial charge in [-0.05, 0) is 24.3 Å². The molecule has 0 aromatic carbocycles. The quantitative estimate of drug-likeness (QED) is 0.778. The van der Waals surface area contributed by atoms with Crippen LogP contribution in [-0.4, -0.2) is 21.8 Å². The van der Waals surface area contributed by atoms with E-state index >= 15 is 0 Å². The van der Waals surface area contributed by atoms with E-state index in [9.17, 15) is 9.59 Å². The molecular formula is C12H9N3O2. The van der Waals surface area contributed by atoms with Gasteiger partial charge in [-0.3, -0.25) is 24.9 Å². The van der Waals surface area contributed by atoms with Crippen molar-refractivity contribution in [2.24, 2.45) is 0 Å². The topological polar surface area (TPSA) is 72.0 Å². The molecule has 2 heterocycles. The zero-order chi connectivity index (χ0) is 12.1. The lowest BCUT2D eigenvalue weighted by Crippen LogP contribution is -2.30. The summed E-state index contributed by atoms with van der Waals surface area (Å²) in [5.74, 6) is -0.929. The zero-order valence-corrected chi connectivity index (χ0v) is 8.83. The summed E-state index contributed by atoms with van der Waals surface area (Å²) in [5.41, 5.74) is 0.729. The summed E-state index contributed by atoms with van der Waals surface area (Å²) in [6, 6.07) is 6.28. The number of hydrogen-bond acceptors (Lipinski definition) is 4. The number of hydrogen-bond donors (Lipinski definition) is 1. The molecule has 0 aliphatic carbocycles. The van der Waals surface area contributed by atoms with Crippen molar-refractivity contribution in [3.05, 3.63) is 60.2 Å². The lowest BCUT2D eigenvalue weighted by molar-refractivity contribution is 0.0849. The normalized spacial score (nSPS) is 9.65. The first-order chi connectivity index (χ1) is 8.27. The van der Waals surface area contributed by atoms with E-state index in [2.05, 4.69) is 15.3 Å². The Morgan fingerprint density at radius 3 is 2.24 bits per heavy atom. The number of carbonyl (C=O) groups is 2. The Labute approximate surface area is 97.5 Å². The van der Waals surface area contributed by atoms with E-state index in [1.807, 2.05) is 0 Å². The van der Waals surface area contributed by atoms with Crippen LogP contribution in [0.3, 0.4) is 0 Å². The third-order valence-electron chi connectivity index (χ3n) is 2.09. The summed E-state index contributed by atoms with van der Waals surface area (Å²) in [6.45, 7) is 0. The maximum atomic E-state index is 11.6. The van der Waals surface area contributed by atoms with Gasteiger partial charge in [0.25, 0.3) is 11.8 Å². The van der Waals surface area contributed by atoms with E-state index in [1.165, 1.54) is 30.7 Å². The second-order valence-electron chi connectivity index (χ2n) is 3.26. The Kier molecular flexibility index (Phi) is 3.20. The average Bonchev–Trinajstić information content (AvgIpc) is 2.40. The predicted molar refractivity (Wildman–Crippen MR) is 60.3 cm³/mol. The summed E-state index contributed by atoms with van der Waals surface area (Å²) in [5, 5.41) is 2.27. The molecule has 5 heteroatoms. The van der Waals surface area contributed by atoms with Crippen molar-refractivity contribution < 1.29 is 9.59 Å². The van der Waals surface area contributed by atoms with E-state index < -0.39 is 11.8 Å². The molecule has 2 aromatic rings. The van der Waals surface area contributed by atoms with Crippen molar-refractivity contribution in [1.29, 1.82) is 0 Å². The largest absolute Gasteiger partial charge is 0.288 e. The Bertz CT molecular complexity index is 476. The number of rotatable bonds is 2. The van der Waals surface area contributed by atoms with Crippen LogP contribution < -0.4 is 5.32 Å². The second kappa shape index (κ2) is 4.98. The van der Waals surface area contributed by atoms with Crippen molar-refractivity contribution in [2.45, 2.75) is 0 Å². The van der Waals surface area contributed by atoms with Crippen molar-refractivity contribution in [2.75, 3.05) is 0 Å². The number of imide groups is 1. The molecule has 0 aliphatic heterocycles. The van der Waals surface area contributed by atoms with E-state index in [1.54, 1.807) is 18.3 Å². The molecule has 2 aromatic heterocycles. The van der Waals surface area contributed by atoms with Crippen molar-refractivity contribution in [3.8, 4) is 0 Å². The molecule has 0 atom stereocenters. The van der Waals surface area contributed by atoms with E-state index in [0.717, 1.165) is 0 Å². The molecule has 2 rings (SSSR count). The van der Waals surface area contributed by atoms with Crippen LogP contribution in [0.2, 0.25) is 0 Å². The molecule has 0 saturated heterocycles. The molecule has 0 bridgehead atoms. The Morgan fingerprint density at radius 2 is 1.59 bits per heavy atom. The Hall–Kier alpha value is -2.56.